The molecule has 0 saturated heterocycles. The summed E-state index contributed by atoms with van der Waals surface area (Å²) < 4.78 is 1.82. The van der Waals surface area contributed by atoms with Crippen molar-refractivity contribution < 1.29 is 0 Å². The monoisotopic (exact) mass is 356 g/mol. The van der Waals surface area contributed by atoms with E-state index in [9.17, 15) is 0 Å². The summed E-state index contributed by atoms with van der Waals surface area (Å²) in [5, 5.41) is 8.56. The van der Waals surface area contributed by atoms with E-state index >= 15 is 0 Å². The summed E-state index contributed by atoms with van der Waals surface area (Å²) in [5.74, 6) is 0.701. The number of pyridine rings is 1. The third-order valence-electron chi connectivity index (χ3n) is 4.58. The lowest BCUT2D eigenvalue weighted by molar-refractivity contribution is 0.529. The summed E-state index contributed by atoms with van der Waals surface area (Å²) in [4.78, 5) is 13.5. The van der Waals surface area contributed by atoms with Gasteiger partial charge in [-0.3, -0.25) is 4.98 Å². The van der Waals surface area contributed by atoms with Gasteiger partial charge in [0.05, 0.1) is 17.9 Å². The highest BCUT2D eigenvalue weighted by Crippen LogP contribution is 2.22. The summed E-state index contributed by atoms with van der Waals surface area (Å²) in [6.45, 7) is 6.17. The van der Waals surface area contributed by atoms with Gasteiger partial charge in [-0.05, 0) is 38.5 Å². The van der Waals surface area contributed by atoms with Gasteiger partial charge in [0.1, 0.15) is 5.69 Å². The maximum atomic E-state index is 4.49. The van der Waals surface area contributed by atoms with E-state index in [2.05, 4.69) is 64.2 Å². The molecule has 4 aromatic rings. The van der Waals surface area contributed by atoms with Gasteiger partial charge in [-0.1, -0.05) is 35.0 Å². The predicted octanol–water partition coefficient (Wildman–Crippen LogP) is 4.02. The number of aryl methyl sites for hydroxylation is 2. The average Bonchev–Trinajstić information content (AvgIpc) is 3.18. The highest BCUT2D eigenvalue weighted by molar-refractivity contribution is 5.60. The molecule has 3 aromatic heterocycles. The van der Waals surface area contributed by atoms with Gasteiger partial charge in [-0.15, -0.1) is 5.10 Å². The predicted molar refractivity (Wildman–Crippen MR) is 104 cm³/mol. The minimum Gasteiger partial charge on any atom is -0.259 e. The molecule has 0 bridgehead atoms. The van der Waals surface area contributed by atoms with Gasteiger partial charge < -0.3 is 0 Å². The zero-order valence-electron chi connectivity index (χ0n) is 15.5. The van der Waals surface area contributed by atoms with Gasteiger partial charge >= 0.3 is 0 Å². The lowest BCUT2D eigenvalue weighted by Crippen LogP contribution is -2.10. The number of aromatic nitrogens is 6. The molecule has 0 unspecified atom stereocenters. The third kappa shape index (κ3) is 3.46. The first kappa shape index (κ1) is 17.0. The van der Waals surface area contributed by atoms with E-state index in [1.807, 2.05) is 29.1 Å². The van der Waals surface area contributed by atoms with Gasteiger partial charge in [-0.2, -0.15) is 0 Å². The topological polar surface area (TPSA) is 69.4 Å². The summed E-state index contributed by atoms with van der Waals surface area (Å²) in [6.07, 6.45) is 7.28. The SMILES string of the molecule is Cc1cccc(-c2ncc(-c3cn([C@H](C)c4ncccc4C)nn3)cn2)c1. The highest BCUT2D eigenvalue weighted by atomic mass is 15.4. The van der Waals surface area contributed by atoms with Crippen LogP contribution in [0.25, 0.3) is 22.6 Å². The van der Waals surface area contributed by atoms with Crippen LogP contribution in [0.15, 0.2) is 61.2 Å². The average molecular weight is 356 g/mol. The van der Waals surface area contributed by atoms with Crippen LogP contribution >= 0.6 is 0 Å². The zero-order valence-corrected chi connectivity index (χ0v) is 15.5. The van der Waals surface area contributed by atoms with Crippen LogP contribution in [0, 0.1) is 13.8 Å². The molecule has 0 N–H and O–H groups in total. The number of hydrogen-bond donors (Lipinski definition) is 0. The van der Waals surface area contributed by atoms with Crippen LogP contribution in [0.2, 0.25) is 0 Å². The second-order valence-electron chi connectivity index (χ2n) is 6.63. The molecule has 1 atom stereocenters. The van der Waals surface area contributed by atoms with Crippen molar-refractivity contribution in [1.29, 1.82) is 0 Å². The van der Waals surface area contributed by atoms with Gasteiger partial charge in [0.25, 0.3) is 0 Å². The Labute approximate surface area is 158 Å². The van der Waals surface area contributed by atoms with Crippen LogP contribution in [-0.2, 0) is 0 Å². The quantitative estimate of drug-likeness (QED) is 0.552. The number of benzene rings is 1. The van der Waals surface area contributed by atoms with Gasteiger partial charge in [-0.25, -0.2) is 14.6 Å². The first-order valence-corrected chi connectivity index (χ1v) is 8.84. The molecule has 4 rings (SSSR count). The molecular weight excluding hydrogens is 336 g/mol. The Morgan fingerprint density at radius 1 is 0.926 bits per heavy atom. The molecule has 0 aliphatic carbocycles. The van der Waals surface area contributed by atoms with E-state index in [1.165, 1.54) is 5.56 Å². The molecule has 0 radical (unpaired) electrons. The van der Waals surface area contributed by atoms with Crippen molar-refractivity contribution in [2.24, 2.45) is 0 Å². The molecule has 6 nitrogen and oxygen atoms in total. The summed E-state index contributed by atoms with van der Waals surface area (Å²) in [6, 6.07) is 12.1. The number of rotatable bonds is 4. The Balaban J connectivity index is 1.59. The van der Waals surface area contributed by atoms with Crippen molar-refractivity contribution in [1.82, 2.24) is 29.9 Å². The van der Waals surface area contributed by atoms with Crippen LogP contribution in [-0.4, -0.2) is 29.9 Å². The molecule has 134 valence electrons. The second-order valence-corrected chi connectivity index (χ2v) is 6.63. The highest BCUT2D eigenvalue weighted by Gasteiger charge is 2.15. The first-order valence-electron chi connectivity index (χ1n) is 8.84. The number of nitrogens with zero attached hydrogens (tertiary/aromatic N) is 6. The van der Waals surface area contributed by atoms with Crippen molar-refractivity contribution in [3.05, 3.63) is 78.0 Å². The van der Waals surface area contributed by atoms with Crippen molar-refractivity contribution >= 4 is 0 Å². The molecule has 6 heteroatoms. The van der Waals surface area contributed by atoms with Crippen LogP contribution in [0.5, 0.6) is 0 Å². The summed E-state index contributed by atoms with van der Waals surface area (Å²) in [7, 11) is 0. The van der Waals surface area contributed by atoms with Crippen molar-refractivity contribution in [3.8, 4) is 22.6 Å². The summed E-state index contributed by atoms with van der Waals surface area (Å²) in [5.41, 5.74) is 5.88. The lowest BCUT2D eigenvalue weighted by Gasteiger charge is -2.12. The zero-order chi connectivity index (χ0) is 18.8. The van der Waals surface area contributed by atoms with Gasteiger partial charge in [0, 0.05) is 29.7 Å². The van der Waals surface area contributed by atoms with E-state index in [0.717, 1.165) is 28.1 Å². The van der Waals surface area contributed by atoms with Crippen molar-refractivity contribution in [2.45, 2.75) is 26.8 Å². The second kappa shape index (κ2) is 7.07. The summed E-state index contributed by atoms with van der Waals surface area (Å²) >= 11 is 0. The van der Waals surface area contributed by atoms with Gasteiger partial charge in [0.15, 0.2) is 5.82 Å². The normalized spacial score (nSPS) is 12.1. The van der Waals surface area contributed by atoms with E-state index in [1.54, 1.807) is 18.6 Å². The molecule has 27 heavy (non-hydrogen) atoms. The van der Waals surface area contributed by atoms with E-state index in [-0.39, 0.29) is 6.04 Å². The van der Waals surface area contributed by atoms with Crippen LogP contribution in [0.4, 0.5) is 0 Å². The lowest BCUT2D eigenvalue weighted by atomic mass is 10.1. The fourth-order valence-corrected chi connectivity index (χ4v) is 3.05. The van der Waals surface area contributed by atoms with Crippen LogP contribution in [0.3, 0.4) is 0 Å². The minimum atomic E-state index is -0.0000597. The number of hydrogen-bond acceptors (Lipinski definition) is 5. The van der Waals surface area contributed by atoms with E-state index in [4.69, 9.17) is 0 Å². The maximum absolute atomic E-state index is 4.49. The van der Waals surface area contributed by atoms with E-state index in [0.29, 0.717) is 5.82 Å². The molecule has 3 heterocycles. The fraction of sp³-hybridized carbons (Fsp3) is 0.190. The van der Waals surface area contributed by atoms with Gasteiger partial charge in [0.2, 0.25) is 0 Å². The maximum Gasteiger partial charge on any atom is 0.159 e. The fourth-order valence-electron chi connectivity index (χ4n) is 3.05. The smallest absolute Gasteiger partial charge is 0.159 e. The molecular formula is C21H20N6. The molecule has 0 aliphatic heterocycles. The Hall–Kier alpha value is -3.41. The minimum absolute atomic E-state index is 0.0000597. The van der Waals surface area contributed by atoms with E-state index < -0.39 is 0 Å². The third-order valence-corrected chi connectivity index (χ3v) is 4.58. The molecule has 0 fully saturated rings. The first-order chi connectivity index (χ1) is 13.1. The van der Waals surface area contributed by atoms with Crippen molar-refractivity contribution in [2.75, 3.05) is 0 Å². The Kier molecular flexibility index (Phi) is 4.46. The molecule has 1 aromatic carbocycles. The molecule has 0 saturated carbocycles. The molecule has 0 spiro atoms. The molecule has 0 amide bonds. The van der Waals surface area contributed by atoms with Crippen LogP contribution < -0.4 is 0 Å². The molecule has 0 aliphatic rings. The van der Waals surface area contributed by atoms with Crippen LogP contribution in [0.1, 0.15) is 29.8 Å². The van der Waals surface area contributed by atoms with Crippen molar-refractivity contribution in [3.63, 3.8) is 0 Å². The Morgan fingerprint density at radius 2 is 1.74 bits per heavy atom. The Morgan fingerprint density at radius 3 is 2.48 bits per heavy atom. The standard InChI is InChI=1S/C21H20N6/c1-14-6-4-8-17(10-14)21-23-11-18(12-24-21)19-13-27(26-25-19)16(3)20-15(2)7-5-9-22-20/h4-13,16H,1-3H3/t16-/m1/s1. The largest absolute Gasteiger partial charge is 0.259 e. The Bertz CT molecular complexity index is 1070.